The summed E-state index contributed by atoms with van der Waals surface area (Å²) in [7, 11) is -3.85. The second-order valence-corrected chi connectivity index (χ2v) is 2.83. The Morgan fingerprint density at radius 1 is 1.71 bits per heavy atom. The first-order valence-corrected chi connectivity index (χ1v) is 3.19. The maximum absolute atomic E-state index is 9.82. The Balaban J connectivity index is 2.71. The van der Waals surface area contributed by atoms with Gasteiger partial charge < -0.3 is 4.74 Å². The van der Waals surface area contributed by atoms with E-state index in [0.29, 0.717) is 0 Å². The summed E-state index contributed by atoms with van der Waals surface area (Å²) < 4.78 is 31.9. The van der Waals surface area contributed by atoms with E-state index in [9.17, 15) is 8.42 Å². The second kappa shape index (κ2) is 1.18. The van der Waals surface area contributed by atoms with Crippen molar-refractivity contribution in [2.24, 2.45) is 0 Å². The molecule has 5 heteroatoms. The number of epoxide rings is 1. The smallest absolute Gasteiger partial charge is 0.294 e. The molecule has 1 saturated heterocycles. The highest BCUT2D eigenvalue weighted by atomic mass is 32.2. The van der Waals surface area contributed by atoms with Gasteiger partial charge in [0.25, 0.3) is 10.1 Å². The molecule has 0 saturated carbocycles. The zero-order valence-corrected chi connectivity index (χ0v) is 4.18. The molecular weight excluding hydrogens is 120 g/mol. The molecule has 0 aromatic heterocycles. The first kappa shape index (κ1) is 5.02. The van der Waals surface area contributed by atoms with Gasteiger partial charge in [0.2, 0.25) is 5.44 Å². The van der Waals surface area contributed by atoms with Crippen LogP contribution >= 0.6 is 0 Å². The summed E-state index contributed by atoms with van der Waals surface area (Å²) in [6, 6.07) is 0. The molecular formula is C2H4O4S. The minimum absolute atomic E-state index is 0.138. The Bertz CT molecular complexity index is 153. The lowest BCUT2D eigenvalue weighted by Gasteiger charge is -1.80. The van der Waals surface area contributed by atoms with Crippen LogP contribution in [0.2, 0.25) is 0 Å². The molecule has 0 amide bonds. The molecule has 1 rings (SSSR count). The molecule has 0 aromatic rings. The summed E-state index contributed by atoms with van der Waals surface area (Å²) in [6.45, 7) is 0.138. The van der Waals surface area contributed by atoms with E-state index in [0.717, 1.165) is 0 Å². The monoisotopic (exact) mass is 124 g/mol. The van der Waals surface area contributed by atoms with E-state index in [4.69, 9.17) is 4.55 Å². The summed E-state index contributed by atoms with van der Waals surface area (Å²) in [5.74, 6) is 0. The van der Waals surface area contributed by atoms with Crippen LogP contribution in [-0.2, 0) is 14.9 Å². The van der Waals surface area contributed by atoms with Crippen molar-refractivity contribution in [1.29, 1.82) is 0 Å². The highest BCUT2D eigenvalue weighted by Crippen LogP contribution is 2.13. The minimum Gasteiger partial charge on any atom is -0.354 e. The van der Waals surface area contributed by atoms with E-state index in [1.165, 1.54) is 0 Å². The molecule has 1 fully saturated rings. The maximum atomic E-state index is 9.82. The van der Waals surface area contributed by atoms with Crippen LogP contribution in [0.1, 0.15) is 0 Å². The molecule has 0 radical (unpaired) electrons. The zero-order valence-electron chi connectivity index (χ0n) is 3.36. The second-order valence-electron chi connectivity index (χ2n) is 1.28. The Morgan fingerprint density at radius 2 is 2.14 bits per heavy atom. The summed E-state index contributed by atoms with van der Waals surface area (Å²) in [5.41, 5.74) is -0.924. The fraction of sp³-hybridized carbons (Fsp3) is 1.00. The van der Waals surface area contributed by atoms with Crippen molar-refractivity contribution >= 4 is 10.1 Å². The molecule has 0 aliphatic carbocycles. The largest absolute Gasteiger partial charge is 0.354 e. The summed E-state index contributed by atoms with van der Waals surface area (Å²) in [5, 5.41) is 0. The molecule has 1 heterocycles. The van der Waals surface area contributed by atoms with Crippen LogP contribution in [-0.4, -0.2) is 25.0 Å². The SMILES string of the molecule is O=S(=O)(O)C1CO1. The fourth-order valence-corrected chi connectivity index (χ4v) is 0.634. The van der Waals surface area contributed by atoms with Crippen LogP contribution in [0, 0.1) is 0 Å². The van der Waals surface area contributed by atoms with E-state index in [-0.39, 0.29) is 6.61 Å². The zero-order chi connectivity index (χ0) is 5.49. The summed E-state index contributed by atoms with van der Waals surface area (Å²) >= 11 is 0. The Kier molecular flexibility index (Phi) is 0.844. The quantitative estimate of drug-likeness (QED) is 0.368. The van der Waals surface area contributed by atoms with Gasteiger partial charge >= 0.3 is 0 Å². The van der Waals surface area contributed by atoms with Crippen molar-refractivity contribution in [2.45, 2.75) is 5.44 Å². The fourth-order valence-electron chi connectivity index (χ4n) is 0.211. The molecule has 7 heavy (non-hydrogen) atoms. The lowest BCUT2D eigenvalue weighted by atomic mass is 11.0. The third kappa shape index (κ3) is 1.12. The molecule has 1 atom stereocenters. The van der Waals surface area contributed by atoms with Gasteiger partial charge in [-0.2, -0.15) is 8.42 Å². The first-order valence-electron chi connectivity index (χ1n) is 1.68. The summed E-state index contributed by atoms with van der Waals surface area (Å²) in [4.78, 5) is 0. The number of hydrogen-bond donors (Lipinski definition) is 1. The Morgan fingerprint density at radius 3 is 2.14 bits per heavy atom. The van der Waals surface area contributed by atoms with Crippen LogP contribution in [0.4, 0.5) is 0 Å². The standard InChI is InChI=1S/C2H4O4S/c3-7(4,5)2-1-6-2/h2H,1H2,(H,3,4,5). The first-order chi connectivity index (χ1) is 3.11. The topological polar surface area (TPSA) is 66.9 Å². The van der Waals surface area contributed by atoms with Gasteiger partial charge in [0.15, 0.2) is 0 Å². The van der Waals surface area contributed by atoms with E-state index in [1.807, 2.05) is 0 Å². The predicted molar refractivity (Wildman–Crippen MR) is 21.3 cm³/mol. The van der Waals surface area contributed by atoms with Crippen molar-refractivity contribution in [1.82, 2.24) is 0 Å². The van der Waals surface area contributed by atoms with Gasteiger partial charge in [-0.15, -0.1) is 0 Å². The molecule has 42 valence electrons. The normalized spacial score (nSPS) is 30.1. The lowest BCUT2D eigenvalue weighted by molar-refractivity contribution is 0.412. The van der Waals surface area contributed by atoms with Gasteiger partial charge in [-0.3, -0.25) is 4.55 Å². The molecule has 1 aliphatic heterocycles. The van der Waals surface area contributed by atoms with E-state index >= 15 is 0 Å². The van der Waals surface area contributed by atoms with E-state index in [2.05, 4.69) is 4.74 Å². The highest BCUT2D eigenvalue weighted by molar-refractivity contribution is 7.86. The van der Waals surface area contributed by atoms with Crippen molar-refractivity contribution in [3.05, 3.63) is 0 Å². The Labute approximate surface area is 40.8 Å². The molecule has 4 nitrogen and oxygen atoms in total. The third-order valence-electron chi connectivity index (χ3n) is 0.635. The van der Waals surface area contributed by atoms with Crippen LogP contribution in [0.3, 0.4) is 0 Å². The summed E-state index contributed by atoms with van der Waals surface area (Å²) in [6.07, 6.45) is 0. The lowest BCUT2D eigenvalue weighted by Crippen LogP contribution is -2.04. The number of rotatable bonds is 1. The molecule has 1 N–H and O–H groups in total. The van der Waals surface area contributed by atoms with Crippen molar-refractivity contribution in [3.63, 3.8) is 0 Å². The van der Waals surface area contributed by atoms with Crippen LogP contribution in [0.5, 0.6) is 0 Å². The average molecular weight is 124 g/mol. The molecule has 1 aliphatic rings. The predicted octanol–water partition coefficient (Wildman–Crippen LogP) is -0.769. The van der Waals surface area contributed by atoms with E-state index in [1.54, 1.807) is 0 Å². The van der Waals surface area contributed by atoms with E-state index < -0.39 is 15.6 Å². The minimum atomic E-state index is -3.85. The van der Waals surface area contributed by atoms with Crippen molar-refractivity contribution < 1.29 is 17.7 Å². The van der Waals surface area contributed by atoms with Gasteiger partial charge in [-0.1, -0.05) is 0 Å². The van der Waals surface area contributed by atoms with Gasteiger partial charge in [0.05, 0.1) is 6.61 Å². The number of hydrogen-bond acceptors (Lipinski definition) is 3. The molecule has 0 spiro atoms. The maximum Gasteiger partial charge on any atom is 0.294 e. The van der Waals surface area contributed by atoms with Crippen LogP contribution < -0.4 is 0 Å². The van der Waals surface area contributed by atoms with Gasteiger partial charge in [-0.25, -0.2) is 0 Å². The molecule has 1 unspecified atom stereocenters. The Hall–Kier alpha value is -0.130. The van der Waals surface area contributed by atoms with Gasteiger partial charge in [0.1, 0.15) is 0 Å². The van der Waals surface area contributed by atoms with Crippen molar-refractivity contribution in [3.8, 4) is 0 Å². The van der Waals surface area contributed by atoms with Crippen molar-refractivity contribution in [2.75, 3.05) is 6.61 Å². The van der Waals surface area contributed by atoms with Gasteiger partial charge in [0, 0.05) is 0 Å². The molecule has 0 aromatic carbocycles. The molecule has 0 bridgehead atoms. The van der Waals surface area contributed by atoms with Gasteiger partial charge in [-0.05, 0) is 0 Å². The third-order valence-corrected chi connectivity index (χ3v) is 1.57. The van der Waals surface area contributed by atoms with Crippen LogP contribution in [0.15, 0.2) is 0 Å². The highest BCUT2D eigenvalue weighted by Gasteiger charge is 2.35. The average Bonchev–Trinajstić information content (AvgIpc) is 1.99. The van der Waals surface area contributed by atoms with Crippen LogP contribution in [0.25, 0.3) is 0 Å². The number of ether oxygens (including phenoxy) is 1.